The third-order valence-electron chi connectivity index (χ3n) is 2.67. The number of phenols is 1. The van der Waals surface area contributed by atoms with Gasteiger partial charge in [0, 0.05) is 18.2 Å². The first kappa shape index (κ1) is 13.7. The zero-order valence-corrected chi connectivity index (χ0v) is 10.1. The number of hydrogen-bond acceptors (Lipinski definition) is 4. The molecule has 7 heteroatoms. The first-order valence-corrected chi connectivity index (χ1v) is 5.62. The Morgan fingerprint density at radius 3 is 2.60 bits per heavy atom. The van der Waals surface area contributed by atoms with Gasteiger partial charge < -0.3 is 10.4 Å². The van der Waals surface area contributed by atoms with Gasteiger partial charge >= 0.3 is 0 Å². The Labute approximate surface area is 112 Å². The van der Waals surface area contributed by atoms with Crippen molar-refractivity contribution in [3.8, 4) is 5.75 Å². The summed E-state index contributed by atoms with van der Waals surface area (Å²) >= 11 is 0. The molecule has 2 aromatic carbocycles. The van der Waals surface area contributed by atoms with Crippen LogP contribution in [0.2, 0.25) is 0 Å². The Balaban J connectivity index is 2.15. The first-order chi connectivity index (χ1) is 9.47. The molecule has 0 saturated heterocycles. The van der Waals surface area contributed by atoms with E-state index in [9.17, 15) is 24.0 Å². The van der Waals surface area contributed by atoms with Gasteiger partial charge in [0.15, 0.2) is 5.82 Å². The summed E-state index contributed by atoms with van der Waals surface area (Å²) in [4.78, 5) is 9.77. The molecule has 104 valence electrons. The number of nitro groups is 1. The third kappa shape index (κ3) is 3.00. The topological polar surface area (TPSA) is 75.4 Å². The van der Waals surface area contributed by atoms with E-state index in [4.69, 9.17) is 0 Å². The van der Waals surface area contributed by atoms with Crippen molar-refractivity contribution >= 4 is 11.4 Å². The number of aromatic hydroxyl groups is 1. The Bertz CT molecular complexity index is 662. The van der Waals surface area contributed by atoms with Gasteiger partial charge in [0.2, 0.25) is 0 Å². The molecular weight excluding hydrogens is 270 g/mol. The van der Waals surface area contributed by atoms with E-state index in [1.807, 2.05) is 0 Å². The highest BCUT2D eigenvalue weighted by Crippen LogP contribution is 2.23. The van der Waals surface area contributed by atoms with Gasteiger partial charge in [0.25, 0.3) is 5.69 Å². The first-order valence-electron chi connectivity index (χ1n) is 5.62. The summed E-state index contributed by atoms with van der Waals surface area (Å²) in [6.45, 7) is -0.0156. The highest BCUT2D eigenvalue weighted by atomic mass is 19.1. The number of rotatable bonds is 4. The van der Waals surface area contributed by atoms with Crippen molar-refractivity contribution in [2.75, 3.05) is 5.32 Å². The molecule has 0 fully saturated rings. The summed E-state index contributed by atoms with van der Waals surface area (Å²) in [6.07, 6.45) is 0. The van der Waals surface area contributed by atoms with Gasteiger partial charge in [-0.15, -0.1) is 0 Å². The van der Waals surface area contributed by atoms with Gasteiger partial charge in [0.1, 0.15) is 11.6 Å². The van der Waals surface area contributed by atoms with Gasteiger partial charge in [0.05, 0.1) is 16.7 Å². The minimum absolute atomic E-state index is 0.0156. The number of nitro benzene ring substituents is 1. The summed E-state index contributed by atoms with van der Waals surface area (Å²) in [5, 5.41) is 22.6. The van der Waals surface area contributed by atoms with Gasteiger partial charge in [-0.25, -0.2) is 8.78 Å². The lowest BCUT2D eigenvalue weighted by atomic mass is 10.2. The Morgan fingerprint density at radius 2 is 1.95 bits per heavy atom. The molecular formula is C13H10F2N2O3. The molecule has 0 spiro atoms. The van der Waals surface area contributed by atoms with Crippen molar-refractivity contribution < 1.29 is 18.8 Å². The van der Waals surface area contributed by atoms with Crippen LogP contribution in [0.5, 0.6) is 5.75 Å². The second-order valence-electron chi connectivity index (χ2n) is 4.05. The van der Waals surface area contributed by atoms with E-state index in [2.05, 4.69) is 5.32 Å². The number of anilines is 1. The Hall–Kier alpha value is -2.70. The molecule has 2 N–H and O–H groups in total. The fraction of sp³-hybridized carbons (Fsp3) is 0.0769. The zero-order chi connectivity index (χ0) is 14.7. The Kier molecular flexibility index (Phi) is 3.79. The van der Waals surface area contributed by atoms with Crippen LogP contribution in [0.25, 0.3) is 0 Å². The van der Waals surface area contributed by atoms with E-state index in [1.54, 1.807) is 0 Å². The fourth-order valence-electron chi connectivity index (χ4n) is 1.65. The summed E-state index contributed by atoms with van der Waals surface area (Å²) in [7, 11) is 0. The van der Waals surface area contributed by atoms with Crippen LogP contribution >= 0.6 is 0 Å². The van der Waals surface area contributed by atoms with Crippen molar-refractivity contribution in [1.29, 1.82) is 0 Å². The van der Waals surface area contributed by atoms with Gasteiger partial charge in [-0.05, 0) is 24.3 Å². The largest absolute Gasteiger partial charge is 0.508 e. The van der Waals surface area contributed by atoms with Crippen molar-refractivity contribution in [1.82, 2.24) is 0 Å². The smallest absolute Gasteiger partial charge is 0.272 e. The molecule has 0 radical (unpaired) electrons. The predicted octanol–water partition coefficient (Wildman–Crippen LogP) is 3.19. The van der Waals surface area contributed by atoms with E-state index >= 15 is 0 Å². The second kappa shape index (κ2) is 5.52. The lowest BCUT2D eigenvalue weighted by Gasteiger charge is -2.09. The number of benzene rings is 2. The Morgan fingerprint density at radius 1 is 1.20 bits per heavy atom. The standard InChI is InChI=1S/C13H10F2N2O3/c14-9-1-4-13(18)8(5-9)7-16-12-3-2-10(17(19)20)6-11(12)15/h1-6,16,18H,7H2. The monoisotopic (exact) mass is 280 g/mol. The van der Waals surface area contributed by atoms with E-state index in [0.29, 0.717) is 0 Å². The summed E-state index contributed by atoms with van der Waals surface area (Å²) in [5.74, 6) is -1.44. The number of hydrogen-bond donors (Lipinski definition) is 2. The predicted molar refractivity (Wildman–Crippen MR) is 68.4 cm³/mol. The van der Waals surface area contributed by atoms with Crippen LogP contribution in [0.4, 0.5) is 20.2 Å². The van der Waals surface area contributed by atoms with E-state index in [0.717, 1.165) is 24.3 Å². The summed E-state index contributed by atoms with van der Waals surface area (Å²) in [5.41, 5.74) is -0.0799. The second-order valence-corrected chi connectivity index (χ2v) is 4.05. The molecule has 20 heavy (non-hydrogen) atoms. The van der Waals surface area contributed by atoms with E-state index in [1.165, 1.54) is 12.1 Å². The number of nitrogens with one attached hydrogen (secondary N) is 1. The molecule has 0 amide bonds. The van der Waals surface area contributed by atoms with Crippen LogP contribution in [0, 0.1) is 21.7 Å². The van der Waals surface area contributed by atoms with Gasteiger partial charge in [-0.1, -0.05) is 0 Å². The number of non-ortho nitro benzene ring substituents is 1. The van der Waals surface area contributed by atoms with Crippen LogP contribution in [0.15, 0.2) is 36.4 Å². The van der Waals surface area contributed by atoms with Crippen LogP contribution in [0.3, 0.4) is 0 Å². The quantitative estimate of drug-likeness (QED) is 0.666. The number of phenolic OH excluding ortho intramolecular Hbond substituents is 1. The molecule has 5 nitrogen and oxygen atoms in total. The maximum atomic E-state index is 13.6. The highest BCUT2D eigenvalue weighted by molar-refractivity contribution is 5.51. The van der Waals surface area contributed by atoms with Crippen molar-refractivity contribution in [3.05, 3.63) is 63.7 Å². The lowest BCUT2D eigenvalue weighted by molar-refractivity contribution is -0.385. The van der Waals surface area contributed by atoms with Crippen molar-refractivity contribution in [3.63, 3.8) is 0 Å². The summed E-state index contributed by atoms with van der Waals surface area (Å²) < 4.78 is 26.6. The number of nitrogens with zero attached hydrogens (tertiary/aromatic N) is 1. The summed E-state index contributed by atoms with van der Waals surface area (Å²) in [6, 6.07) is 6.56. The van der Waals surface area contributed by atoms with Crippen LogP contribution < -0.4 is 5.32 Å². The third-order valence-corrected chi connectivity index (χ3v) is 2.67. The minimum atomic E-state index is -0.796. The van der Waals surface area contributed by atoms with E-state index in [-0.39, 0.29) is 29.2 Å². The molecule has 0 atom stereocenters. The molecule has 2 aromatic rings. The molecule has 0 heterocycles. The lowest BCUT2D eigenvalue weighted by Crippen LogP contribution is -2.02. The maximum Gasteiger partial charge on any atom is 0.272 e. The molecule has 0 aliphatic heterocycles. The molecule has 0 aliphatic carbocycles. The van der Waals surface area contributed by atoms with Crippen molar-refractivity contribution in [2.45, 2.75) is 6.54 Å². The highest BCUT2D eigenvalue weighted by Gasteiger charge is 2.11. The molecule has 0 bridgehead atoms. The molecule has 2 rings (SSSR count). The number of halogens is 2. The van der Waals surface area contributed by atoms with Gasteiger partial charge in [-0.3, -0.25) is 10.1 Å². The molecule has 0 unspecified atom stereocenters. The van der Waals surface area contributed by atoms with Crippen LogP contribution in [-0.4, -0.2) is 10.0 Å². The fourth-order valence-corrected chi connectivity index (χ4v) is 1.65. The maximum absolute atomic E-state index is 13.6. The van der Waals surface area contributed by atoms with E-state index < -0.39 is 16.6 Å². The molecule has 0 aliphatic rings. The average molecular weight is 280 g/mol. The normalized spacial score (nSPS) is 10.3. The van der Waals surface area contributed by atoms with Crippen LogP contribution in [0.1, 0.15) is 5.56 Å². The molecule has 0 aromatic heterocycles. The van der Waals surface area contributed by atoms with Crippen molar-refractivity contribution in [2.24, 2.45) is 0 Å². The van der Waals surface area contributed by atoms with Crippen LogP contribution in [-0.2, 0) is 6.54 Å². The SMILES string of the molecule is O=[N+]([O-])c1ccc(NCc2cc(F)ccc2O)c(F)c1. The zero-order valence-electron chi connectivity index (χ0n) is 10.1. The van der Waals surface area contributed by atoms with Gasteiger partial charge in [-0.2, -0.15) is 0 Å². The average Bonchev–Trinajstić information content (AvgIpc) is 2.40. The minimum Gasteiger partial charge on any atom is -0.508 e. The molecule has 0 saturated carbocycles.